The van der Waals surface area contributed by atoms with Crippen molar-refractivity contribution in [2.24, 2.45) is 0 Å². The third-order valence-electron chi connectivity index (χ3n) is 4.92. The maximum atomic E-state index is 9.83. The quantitative estimate of drug-likeness (QED) is 0.714. The lowest BCUT2D eigenvalue weighted by atomic mass is 10.00. The summed E-state index contributed by atoms with van der Waals surface area (Å²) in [6, 6.07) is 0.682. The second-order valence-corrected chi connectivity index (χ2v) is 8.19. The first-order valence-corrected chi connectivity index (χ1v) is 9.60. The Morgan fingerprint density at radius 2 is 2.08 bits per heavy atom. The number of fused-ring (bicyclic) bond motifs is 1. The molecule has 7 heteroatoms. The summed E-state index contributed by atoms with van der Waals surface area (Å²) in [6.45, 7) is 5.79. The molecule has 0 aromatic carbocycles. The molecular formula is C18H28ClN5O. The highest BCUT2D eigenvalue weighted by Crippen LogP contribution is 2.33. The second kappa shape index (κ2) is 7.46. The predicted octanol–water partition coefficient (Wildman–Crippen LogP) is 4.34. The normalized spacial score (nSPS) is 17.3. The fraction of sp³-hybridized carbons (Fsp3) is 0.722. The second-order valence-electron chi connectivity index (χ2n) is 7.85. The van der Waals surface area contributed by atoms with Crippen LogP contribution >= 0.6 is 11.6 Å². The number of halogens is 1. The number of hydrogen-bond donors (Lipinski definition) is 2. The molecule has 25 heavy (non-hydrogen) atoms. The molecular weight excluding hydrogens is 338 g/mol. The van der Waals surface area contributed by atoms with Gasteiger partial charge in [0.2, 0.25) is 5.28 Å². The maximum absolute atomic E-state index is 9.83. The van der Waals surface area contributed by atoms with Crippen LogP contribution in [0, 0.1) is 0 Å². The number of rotatable bonds is 7. The summed E-state index contributed by atoms with van der Waals surface area (Å²) < 4.78 is 2.15. The van der Waals surface area contributed by atoms with Gasteiger partial charge in [0.25, 0.3) is 0 Å². The Labute approximate surface area is 154 Å². The number of aliphatic hydroxyl groups is 1. The number of aromatic nitrogens is 4. The summed E-state index contributed by atoms with van der Waals surface area (Å²) in [7, 11) is 0. The van der Waals surface area contributed by atoms with Crippen molar-refractivity contribution in [2.45, 2.75) is 83.4 Å². The topological polar surface area (TPSA) is 75.9 Å². The summed E-state index contributed by atoms with van der Waals surface area (Å²) in [5.41, 5.74) is 0.981. The van der Waals surface area contributed by atoms with E-state index in [-0.39, 0.29) is 11.3 Å². The third-order valence-corrected chi connectivity index (χ3v) is 5.09. The van der Waals surface area contributed by atoms with Gasteiger partial charge in [-0.1, -0.05) is 12.8 Å². The molecule has 0 amide bonds. The van der Waals surface area contributed by atoms with Crippen LogP contribution in [-0.4, -0.2) is 36.3 Å². The average Bonchev–Trinajstić information content (AvgIpc) is 3.13. The van der Waals surface area contributed by atoms with E-state index in [1.165, 1.54) is 25.7 Å². The van der Waals surface area contributed by atoms with E-state index >= 15 is 0 Å². The SMILES string of the molecule is CC(CCCC(C)(C)O)Nc1nc(Cl)nc2c1ncn2C1CCCC1. The summed E-state index contributed by atoms with van der Waals surface area (Å²) >= 11 is 6.17. The highest BCUT2D eigenvalue weighted by Gasteiger charge is 2.22. The molecule has 1 aliphatic carbocycles. The average molecular weight is 366 g/mol. The van der Waals surface area contributed by atoms with Crippen molar-refractivity contribution < 1.29 is 5.11 Å². The lowest BCUT2D eigenvalue weighted by Gasteiger charge is -2.19. The molecule has 1 saturated carbocycles. The van der Waals surface area contributed by atoms with Crippen molar-refractivity contribution in [3.8, 4) is 0 Å². The van der Waals surface area contributed by atoms with Crippen molar-refractivity contribution in [3.05, 3.63) is 11.6 Å². The van der Waals surface area contributed by atoms with Gasteiger partial charge in [-0.3, -0.25) is 0 Å². The number of hydrogen-bond acceptors (Lipinski definition) is 5. The Balaban J connectivity index is 1.75. The lowest BCUT2D eigenvalue weighted by molar-refractivity contribution is 0.0680. The summed E-state index contributed by atoms with van der Waals surface area (Å²) in [6.07, 6.45) is 9.38. The number of nitrogens with one attached hydrogen (secondary N) is 1. The molecule has 1 unspecified atom stereocenters. The Morgan fingerprint density at radius 1 is 1.36 bits per heavy atom. The van der Waals surface area contributed by atoms with Crippen LogP contribution in [0.4, 0.5) is 5.82 Å². The van der Waals surface area contributed by atoms with Gasteiger partial charge < -0.3 is 15.0 Å². The Morgan fingerprint density at radius 3 is 2.76 bits per heavy atom. The largest absolute Gasteiger partial charge is 0.390 e. The summed E-state index contributed by atoms with van der Waals surface area (Å²) in [5, 5.41) is 13.5. The van der Waals surface area contributed by atoms with Crippen molar-refractivity contribution in [2.75, 3.05) is 5.32 Å². The van der Waals surface area contributed by atoms with Crippen LogP contribution in [0.3, 0.4) is 0 Å². The van der Waals surface area contributed by atoms with Gasteiger partial charge in [0.05, 0.1) is 11.9 Å². The minimum absolute atomic E-state index is 0.216. The zero-order valence-corrected chi connectivity index (χ0v) is 16.1. The molecule has 1 aliphatic rings. The smallest absolute Gasteiger partial charge is 0.226 e. The molecule has 0 bridgehead atoms. The first-order valence-electron chi connectivity index (χ1n) is 9.22. The maximum Gasteiger partial charge on any atom is 0.226 e. The van der Waals surface area contributed by atoms with E-state index in [0.717, 1.165) is 30.4 Å². The van der Waals surface area contributed by atoms with Crippen molar-refractivity contribution in [1.29, 1.82) is 0 Å². The van der Waals surface area contributed by atoms with E-state index in [2.05, 4.69) is 31.8 Å². The van der Waals surface area contributed by atoms with Crippen LogP contribution in [0.5, 0.6) is 0 Å². The van der Waals surface area contributed by atoms with E-state index < -0.39 is 5.60 Å². The molecule has 3 rings (SSSR count). The molecule has 138 valence electrons. The van der Waals surface area contributed by atoms with Crippen LogP contribution in [0.25, 0.3) is 11.2 Å². The van der Waals surface area contributed by atoms with Crippen LogP contribution in [0.1, 0.15) is 71.8 Å². The molecule has 0 radical (unpaired) electrons. The van der Waals surface area contributed by atoms with Crippen LogP contribution in [-0.2, 0) is 0 Å². The lowest BCUT2D eigenvalue weighted by Crippen LogP contribution is -2.21. The van der Waals surface area contributed by atoms with Crippen LogP contribution < -0.4 is 5.32 Å². The molecule has 6 nitrogen and oxygen atoms in total. The van der Waals surface area contributed by atoms with Gasteiger partial charge in [-0.25, -0.2) is 4.98 Å². The number of nitrogens with zero attached hydrogens (tertiary/aromatic N) is 4. The van der Waals surface area contributed by atoms with E-state index in [1.807, 2.05) is 20.2 Å². The standard InChI is InChI=1S/C18H28ClN5O/c1-12(7-6-10-18(2,3)25)21-15-14-16(23-17(19)22-15)24(11-20-14)13-8-4-5-9-13/h11-13,25H,4-10H2,1-3H3,(H,21,22,23). The fourth-order valence-electron chi connectivity index (χ4n) is 3.59. The molecule has 0 spiro atoms. The molecule has 2 aromatic rings. The van der Waals surface area contributed by atoms with Crippen LogP contribution in [0.15, 0.2) is 6.33 Å². The number of anilines is 1. The van der Waals surface area contributed by atoms with Crippen LogP contribution in [0.2, 0.25) is 5.28 Å². The van der Waals surface area contributed by atoms with E-state index in [0.29, 0.717) is 11.9 Å². The third kappa shape index (κ3) is 4.61. The van der Waals surface area contributed by atoms with E-state index in [1.54, 1.807) is 0 Å². The predicted molar refractivity (Wildman–Crippen MR) is 101 cm³/mol. The van der Waals surface area contributed by atoms with Gasteiger partial charge in [0.1, 0.15) is 0 Å². The van der Waals surface area contributed by atoms with Gasteiger partial charge in [-0.05, 0) is 64.5 Å². The Kier molecular flexibility index (Phi) is 5.49. The van der Waals surface area contributed by atoms with Gasteiger partial charge in [-0.2, -0.15) is 9.97 Å². The van der Waals surface area contributed by atoms with Crippen molar-refractivity contribution in [3.63, 3.8) is 0 Å². The summed E-state index contributed by atoms with van der Waals surface area (Å²) in [5.74, 6) is 0.697. The molecule has 2 N–H and O–H groups in total. The molecule has 2 aromatic heterocycles. The molecule has 0 saturated heterocycles. The van der Waals surface area contributed by atoms with Crippen molar-refractivity contribution in [1.82, 2.24) is 19.5 Å². The first kappa shape index (κ1) is 18.4. The first-order chi connectivity index (χ1) is 11.8. The molecule has 0 aliphatic heterocycles. The van der Waals surface area contributed by atoms with E-state index in [4.69, 9.17) is 11.6 Å². The Hall–Kier alpha value is -1.40. The van der Waals surface area contributed by atoms with Gasteiger partial charge in [0.15, 0.2) is 17.0 Å². The fourth-order valence-corrected chi connectivity index (χ4v) is 3.75. The van der Waals surface area contributed by atoms with Gasteiger partial charge in [0, 0.05) is 12.1 Å². The minimum atomic E-state index is -0.620. The molecule has 1 fully saturated rings. The highest BCUT2D eigenvalue weighted by atomic mass is 35.5. The molecule has 2 heterocycles. The highest BCUT2D eigenvalue weighted by molar-refractivity contribution is 6.28. The monoisotopic (exact) mass is 365 g/mol. The molecule has 1 atom stereocenters. The van der Waals surface area contributed by atoms with Crippen molar-refractivity contribution >= 4 is 28.6 Å². The zero-order chi connectivity index (χ0) is 18.0. The minimum Gasteiger partial charge on any atom is -0.390 e. The zero-order valence-electron chi connectivity index (χ0n) is 15.3. The van der Waals surface area contributed by atoms with E-state index in [9.17, 15) is 5.11 Å². The Bertz CT molecular complexity index is 718. The summed E-state index contributed by atoms with van der Waals surface area (Å²) in [4.78, 5) is 13.3. The van der Waals surface area contributed by atoms with Gasteiger partial charge >= 0.3 is 0 Å². The number of imidazole rings is 1. The van der Waals surface area contributed by atoms with Gasteiger partial charge in [-0.15, -0.1) is 0 Å².